The maximum atomic E-state index is 5.85. The third kappa shape index (κ3) is 5.80. The number of nitrogens with one attached hydrogen (secondary N) is 1. The summed E-state index contributed by atoms with van der Waals surface area (Å²) < 4.78 is 5.29. The van der Waals surface area contributed by atoms with Crippen LogP contribution >= 0.6 is 24.0 Å². The van der Waals surface area contributed by atoms with Gasteiger partial charge in [-0.1, -0.05) is 19.0 Å². The van der Waals surface area contributed by atoms with Crippen molar-refractivity contribution in [2.45, 2.75) is 59.5 Å². The van der Waals surface area contributed by atoms with E-state index in [9.17, 15) is 0 Å². The van der Waals surface area contributed by atoms with Crippen LogP contribution in [0.1, 0.15) is 51.6 Å². The smallest absolute Gasteiger partial charge is 0.189 e. The fourth-order valence-corrected chi connectivity index (χ4v) is 1.70. The molecule has 0 unspecified atom stereocenters. The lowest BCUT2D eigenvalue weighted by Gasteiger charge is -2.20. The van der Waals surface area contributed by atoms with Gasteiger partial charge in [-0.05, 0) is 27.2 Å². The van der Waals surface area contributed by atoms with Crippen LogP contribution in [0, 0.1) is 0 Å². The Morgan fingerprint density at radius 1 is 1.32 bits per heavy atom. The zero-order chi connectivity index (χ0) is 13.8. The Morgan fingerprint density at radius 2 is 1.95 bits per heavy atom. The van der Waals surface area contributed by atoms with E-state index in [-0.39, 0.29) is 29.5 Å². The summed E-state index contributed by atoms with van der Waals surface area (Å²) in [6, 6.07) is 0. The Balaban J connectivity index is 0.00000324. The minimum absolute atomic E-state index is 0. The Morgan fingerprint density at radius 3 is 2.42 bits per heavy atom. The lowest BCUT2D eigenvalue weighted by molar-refractivity contribution is 0.380. The van der Waals surface area contributed by atoms with E-state index in [1.165, 1.54) is 0 Å². The molecule has 1 rings (SSSR count). The van der Waals surface area contributed by atoms with E-state index in [2.05, 4.69) is 22.4 Å². The average molecular weight is 380 g/mol. The van der Waals surface area contributed by atoms with E-state index < -0.39 is 0 Å². The number of hydrogen-bond donors (Lipinski definition) is 2. The van der Waals surface area contributed by atoms with Crippen LogP contribution in [-0.4, -0.2) is 16.7 Å². The van der Waals surface area contributed by atoms with Crippen molar-refractivity contribution in [3.63, 3.8) is 0 Å². The average Bonchev–Trinajstić information content (AvgIpc) is 2.65. The molecule has 19 heavy (non-hydrogen) atoms. The molecule has 1 heterocycles. The molecule has 0 amide bonds. The maximum Gasteiger partial charge on any atom is 0.189 e. The van der Waals surface area contributed by atoms with Crippen molar-refractivity contribution in [1.82, 2.24) is 10.5 Å². The molecule has 0 atom stereocenters. The van der Waals surface area contributed by atoms with Crippen LogP contribution in [0.5, 0.6) is 0 Å². The van der Waals surface area contributed by atoms with Crippen molar-refractivity contribution in [3.05, 3.63) is 17.0 Å². The molecular formula is C13H25IN4O. The summed E-state index contributed by atoms with van der Waals surface area (Å²) in [4.78, 5) is 4.35. The van der Waals surface area contributed by atoms with Crippen molar-refractivity contribution in [3.8, 4) is 0 Å². The van der Waals surface area contributed by atoms with E-state index in [4.69, 9.17) is 10.3 Å². The van der Waals surface area contributed by atoms with Crippen molar-refractivity contribution < 1.29 is 4.52 Å². The second kappa shape index (κ2) is 7.72. The van der Waals surface area contributed by atoms with E-state index in [0.29, 0.717) is 12.5 Å². The first kappa shape index (κ1) is 18.2. The molecule has 1 aromatic heterocycles. The molecule has 0 fully saturated rings. The van der Waals surface area contributed by atoms with Crippen LogP contribution in [0.25, 0.3) is 0 Å². The molecule has 0 spiro atoms. The number of aryl methyl sites for hydroxylation is 2. The molecule has 110 valence electrons. The SMILES string of the molecule is CCc1noc(CC)c1CN=C(N)NC(C)(C)C.I. The second-order valence-electron chi connectivity index (χ2n) is 5.31. The predicted molar refractivity (Wildman–Crippen MR) is 88.9 cm³/mol. The first-order valence-electron chi connectivity index (χ1n) is 6.41. The van der Waals surface area contributed by atoms with E-state index in [1.807, 2.05) is 27.7 Å². The van der Waals surface area contributed by atoms with Crippen molar-refractivity contribution >= 4 is 29.9 Å². The van der Waals surface area contributed by atoms with Gasteiger partial charge in [0.1, 0.15) is 5.76 Å². The van der Waals surface area contributed by atoms with Gasteiger partial charge < -0.3 is 15.6 Å². The molecule has 1 aromatic rings. The van der Waals surface area contributed by atoms with Gasteiger partial charge in [0.05, 0.1) is 12.2 Å². The normalized spacial score (nSPS) is 12.2. The molecule has 0 bridgehead atoms. The van der Waals surface area contributed by atoms with Crippen LogP contribution in [0.3, 0.4) is 0 Å². The highest BCUT2D eigenvalue weighted by Crippen LogP contribution is 2.16. The zero-order valence-corrected chi connectivity index (χ0v) is 14.7. The van der Waals surface area contributed by atoms with Gasteiger partial charge in [-0.25, -0.2) is 4.99 Å². The number of rotatable bonds is 4. The van der Waals surface area contributed by atoms with Crippen LogP contribution in [0.15, 0.2) is 9.52 Å². The van der Waals surface area contributed by atoms with Gasteiger partial charge in [-0.2, -0.15) is 0 Å². The minimum Gasteiger partial charge on any atom is -0.370 e. The summed E-state index contributed by atoms with van der Waals surface area (Å²) in [5.41, 5.74) is 7.81. The Kier molecular flexibility index (Phi) is 7.39. The number of hydrogen-bond acceptors (Lipinski definition) is 3. The summed E-state index contributed by atoms with van der Waals surface area (Å²) in [5.74, 6) is 1.35. The van der Waals surface area contributed by atoms with Crippen molar-refractivity contribution in [2.24, 2.45) is 10.7 Å². The molecule has 0 aliphatic rings. The molecule has 0 aliphatic carbocycles. The van der Waals surface area contributed by atoms with Gasteiger partial charge in [0.15, 0.2) is 5.96 Å². The fourth-order valence-electron chi connectivity index (χ4n) is 1.70. The highest BCUT2D eigenvalue weighted by Gasteiger charge is 2.14. The van der Waals surface area contributed by atoms with Gasteiger partial charge in [-0.3, -0.25) is 0 Å². The van der Waals surface area contributed by atoms with Gasteiger partial charge in [0.2, 0.25) is 0 Å². The molecule has 6 heteroatoms. The van der Waals surface area contributed by atoms with E-state index in [1.54, 1.807) is 0 Å². The summed E-state index contributed by atoms with van der Waals surface area (Å²) in [5, 5.41) is 7.19. The van der Waals surface area contributed by atoms with Gasteiger partial charge in [0, 0.05) is 17.5 Å². The molecule has 5 nitrogen and oxygen atoms in total. The van der Waals surface area contributed by atoms with E-state index in [0.717, 1.165) is 29.9 Å². The molecule has 0 aliphatic heterocycles. The van der Waals surface area contributed by atoms with Gasteiger partial charge in [0.25, 0.3) is 0 Å². The number of nitrogens with two attached hydrogens (primary N) is 1. The lowest BCUT2D eigenvalue weighted by atomic mass is 10.1. The standard InChI is InChI=1S/C13H24N4O.HI/c1-6-10-9(11(7-2)18-17-10)8-15-12(14)16-13(3,4)5;/h6-8H2,1-5H3,(H3,14,15,16);1H. The number of aromatic nitrogens is 1. The first-order valence-corrected chi connectivity index (χ1v) is 6.41. The topological polar surface area (TPSA) is 76.4 Å². The number of guanidine groups is 1. The predicted octanol–water partition coefficient (Wildman–Crippen LogP) is 2.62. The summed E-state index contributed by atoms with van der Waals surface area (Å²) >= 11 is 0. The number of halogens is 1. The first-order chi connectivity index (χ1) is 8.37. The Labute approximate surface area is 132 Å². The molecule has 0 saturated carbocycles. The Bertz CT molecular complexity index is 399. The maximum absolute atomic E-state index is 5.85. The highest BCUT2D eigenvalue weighted by atomic mass is 127. The molecule has 0 aromatic carbocycles. The van der Waals surface area contributed by atoms with Crippen LogP contribution in [0.4, 0.5) is 0 Å². The zero-order valence-electron chi connectivity index (χ0n) is 12.4. The van der Waals surface area contributed by atoms with E-state index >= 15 is 0 Å². The van der Waals surface area contributed by atoms with Crippen molar-refractivity contribution in [1.29, 1.82) is 0 Å². The Hall–Kier alpha value is -0.790. The third-order valence-corrected chi connectivity index (χ3v) is 2.52. The lowest BCUT2D eigenvalue weighted by Crippen LogP contribution is -2.45. The molecule has 0 radical (unpaired) electrons. The molecular weight excluding hydrogens is 355 g/mol. The van der Waals surface area contributed by atoms with Crippen LogP contribution in [0.2, 0.25) is 0 Å². The molecule has 0 saturated heterocycles. The van der Waals surface area contributed by atoms with Crippen LogP contribution < -0.4 is 11.1 Å². The highest BCUT2D eigenvalue weighted by molar-refractivity contribution is 14.0. The van der Waals surface area contributed by atoms with Crippen LogP contribution in [-0.2, 0) is 19.4 Å². The summed E-state index contributed by atoms with van der Waals surface area (Å²) in [6.45, 7) is 10.8. The molecule has 3 N–H and O–H groups in total. The number of nitrogens with zero attached hydrogens (tertiary/aromatic N) is 2. The van der Waals surface area contributed by atoms with Gasteiger partial charge >= 0.3 is 0 Å². The quantitative estimate of drug-likeness (QED) is 0.478. The van der Waals surface area contributed by atoms with Crippen molar-refractivity contribution in [2.75, 3.05) is 0 Å². The van der Waals surface area contributed by atoms with Gasteiger partial charge in [-0.15, -0.1) is 24.0 Å². The third-order valence-electron chi connectivity index (χ3n) is 2.52. The number of aliphatic imine (C=N–C) groups is 1. The fraction of sp³-hybridized carbons (Fsp3) is 0.692. The summed E-state index contributed by atoms with van der Waals surface area (Å²) in [6.07, 6.45) is 1.67. The minimum atomic E-state index is -0.0800. The monoisotopic (exact) mass is 380 g/mol. The summed E-state index contributed by atoms with van der Waals surface area (Å²) in [7, 11) is 0. The largest absolute Gasteiger partial charge is 0.370 e. The second-order valence-corrected chi connectivity index (χ2v) is 5.31.